The van der Waals surface area contributed by atoms with Crippen LogP contribution in [0.2, 0.25) is 0 Å². The summed E-state index contributed by atoms with van der Waals surface area (Å²) in [4.78, 5) is 10.8. The molecule has 0 N–H and O–H groups in total. The van der Waals surface area contributed by atoms with Crippen LogP contribution in [0.15, 0.2) is 53.3 Å². The van der Waals surface area contributed by atoms with E-state index in [2.05, 4.69) is 58.1 Å². The van der Waals surface area contributed by atoms with Crippen molar-refractivity contribution in [1.82, 2.24) is 20.0 Å². The second-order valence-electron chi connectivity index (χ2n) is 5.48. The maximum atomic E-state index is 5.39. The van der Waals surface area contributed by atoms with Crippen LogP contribution in [0.25, 0.3) is 11.4 Å². The zero-order valence-corrected chi connectivity index (χ0v) is 13.4. The minimum Gasteiger partial charge on any atom is -0.338 e. The molecule has 2 heterocycles. The van der Waals surface area contributed by atoms with Gasteiger partial charge in [0.15, 0.2) is 0 Å². The van der Waals surface area contributed by atoms with Gasteiger partial charge in [0, 0.05) is 24.5 Å². The van der Waals surface area contributed by atoms with E-state index in [9.17, 15) is 0 Å². The normalized spacial score (nSPS) is 11.1. The summed E-state index contributed by atoms with van der Waals surface area (Å²) in [7, 11) is 0. The summed E-state index contributed by atoms with van der Waals surface area (Å²) in [6.07, 6.45) is 3.46. The molecule has 0 aliphatic rings. The van der Waals surface area contributed by atoms with Gasteiger partial charge in [0.25, 0.3) is 0 Å². The lowest BCUT2D eigenvalue weighted by Crippen LogP contribution is -2.22. The van der Waals surface area contributed by atoms with E-state index >= 15 is 0 Å². The van der Waals surface area contributed by atoms with Crippen LogP contribution in [0.4, 0.5) is 0 Å². The fourth-order valence-corrected chi connectivity index (χ4v) is 2.43. The maximum absolute atomic E-state index is 5.39. The van der Waals surface area contributed by atoms with E-state index in [0.29, 0.717) is 18.3 Å². The van der Waals surface area contributed by atoms with Crippen molar-refractivity contribution in [3.05, 3.63) is 65.8 Å². The lowest BCUT2D eigenvalue weighted by atomic mass is 10.1. The number of hydrogen-bond donors (Lipinski definition) is 0. The van der Waals surface area contributed by atoms with Gasteiger partial charge in [-0.05, 0) is 36.7 Å². The Labute approximate surface area is 136 Å². The van der Waals surface area contributed by atoms with Gasteiger partial charge < -0.3 is 4.52 Å². The quantitative estimate of drug-likeness (QED) is 0.698. The first-order valence-corrected chi connectivity index (χ1v) is 7.76. The molecule has 3 aromatic rings. The third-order valence-electron chi connectivity index (χ3n) is 3.85. The molecule has 2 aromatic heterocycles. The lowest BCUT2D eigenvalue weighted by Gasteiger charge is -2.19. The predicted molar refractivity (Wildman–Crippen MR) is 88.5 cm³/mol. The third-order valence-corrected chi connectivity index (χ3v) is 3.85. The van der Waals surface area contributed by atoms with Gasteiger partial charge in [-0.25, -0.2) is 0 Å². The van der Waals surface area contributed by atoms with Gasteiger partial charge in [0.2, 0.25) is 11.7 Å². The van der Waals surface area contributed by atoms with Crippen LogP contribution < -0.4 is 0 Å². The lowest BCUT2D eigenvalue weighted by molar-refractivity contribution is 0.228. The van der Waals surface area contributed by atoms with E-state index in [1.54, 1.807) is 12.4 Å². The summed E-state index contributed by atoms with van der Waals surface area (Å²) in [5.74, 6) is 1.21. The summed E-state index contributed by atoms with van der Waals surface area (Å²) in [5, 5.41) is 4.05. The average Bonchev–Trinajstić information content (AvgIpc) is 3.05. The second kappa shape index (κ2) is 7.15. The zero-order valence-electron chi connectivity index (χ0n) is 13.4. The molecule has 0 aliphatic heterocycles. The van der Waals surface area contributed by atoms with E-state index in [0.717, 1.165) is 18.7 Å². The number of hydrogen-bond acceptors (Lipinski definition) is 5. The third kappa shape index (κ3) is 3.81. The van der Waals surface area contributed by atoms with Crippen LogP contribution in [0.1, 0.15) is 23.9 Å². The first-order valence-electron chi connectivity index (χ1n) is 7.76. The highest BCUT2D eigenvalue weighted by molar-refractivity contribution is 5.51. The molecule has 0 amide bonds. The zero-order chi connectivity index (χ0) is 16.1. The maximum Gasteiger partial charge on any atom is 0.241 e. The Bertz CT molecular complexity index is 754. The smallest absolute Gasteiger partial charge is 0.241 e. The van der Waals surface area contributed by atoms with Crippen LogP contribution >= 0.6 is 0 Å². The molecule has 0 bridgehead atoms. The van der Waals surface area contributed by atoms with E-state index in [1.807, 2.05) is 12.1 Å². The minimum atomic E-state index is 0.583. The first-order chi connectivity index (χ1) is 11.3. The summed E-state index contributed by atoms with van der Waals surface area (Å²) in [6, 6.07) is 12.2. The summed E-state index contributed by atoms with van der Waals surface area (Å²) >= 11 is 0. The van der Waals surface area contributed by atoms with Gasteiger partial charge in [-0.2, -0.15) is 4.98 Å². The first kappa shape index (κ1) is 15.4. The average molecular weight is 308 g/mol. The van der Waals surface area contributed by atoms with Crippen molar-refractivity contribution in [1.29, 1.82) is 0 Å². The van der Waals surface area contributed by atoms with Crippen molar-refractivity contribution in [2.24, 2.45) is 0 Å². The summed E-state index contributed by atoms with van der Waals surface area (Å²) in [6.45, 7) is 6.69. The molecular weight excluding hydrogens is 288 g/mol. The number of aromatic nitrogens is 3. The highest BCUT2D eigenvalue weighted by Crippen LogP contribution is 2.16. The van der Waals surface area contributed by atoms with Crippen molar-refractivity contribution in [3.63, 3.8) is 0 Å². The minimum absolute atomic E-state index is 0.583. The topological polar surface area (TPSA) is 55.1 Å². The Morgan fingerprint density at radius 1 is 1.09 bits per heavy atom. The van der Waals surface area contributed by atoms with Gasteiger partial charge in [-0.3, -0.25) is 9.88 Å². The van der Waals surface area contributed by atoms with E-state index < -0.39 is 0 Å². The van der Waals surface area contributed by atoms with Crippen molar-refractivity contribution in [3.8, 4) is 11.4 Å². The Balaban J connectivity index is 1.70. The van der Waals surface area contributed by atoms with Gasteiger partial charge in [0.1, 0.15) is 0 Å². The molecule has 5 heteroatoms. The summed E-state index contributed by atoms with van der Waals surface area (Å²) in [5.41, 5.74) is 3.48. The Hall–Kier alpha value is -2.53. The number of nitrogens with zero attached hydrogens (tertiary/aromatic N) is 4. The fraction of sp³-hybridized carbons (Fsp3) is 0.278. The highest BCUT2D eigenvalue weighted by atomic mass is 16.5. The van der Waals surface area contributed by atoms with Crippen molar-refractivity contribution >= 4 is 0 Å². The van der Waals surface area contributed by atoms with E-state index in [4.69, 9.17) is 4.52 Å². The van der Waals surface area contributed by atoms with Crippen LogP contribution in [0.5, 0.6) is 0 Å². The summed E-state index contributed by atoms with van der Waals surface area (Å²) < 4.78 is 5.39. The van der Waals surface area contributed by atoms with Crippen LogP contribution in [0, 0.1) is 6.92 Å². The number of benzene rings is 1. The Morgan fingerprint density at radius 3 is 2.70 bits per heavy atom. The number of aryl methyl sites for hydroxylation is 1. The van der Waals surface area contributed by atoms with Crippen LogP contribution in [0.3, 0.4) is 0 Å². The molecule has 118 valence electrons. The molecule has 0 radical (unpaired) electrons. The second-order valence-corrected chi connectivity index (χ2v) is 5.48. The van der Waals surface area contributed by atoms with Gasteiger partial charge >= 0.3 is 0 Å². The Morgan fingerprint density at radius 2 is 1.96 bits per heavy atom. The van der Waals surface area contributed by atoms with Crippen LogP contribution in [-0.4, -0.2) is 26.6 Å². The van der Waals surface area contributed by atoms with Gasteiger partial charge in [-0.15, -0.1) is 0 Å². The van der Waals surface area contributed by atoms with E-state index in [-0.39, 0.29) is 0 Å². The molecule has 1 aromatic carbocycles. The standard InChI is InChI=1S/C18H20N4O/c1-3-22(12-16-8-5-4-7-14(16)2)13-17-20-18(21-23-17)15-9-6-10-19-11-15/h4-11H,3,12-13H2,1-2H3. The fourth-order valence-electron chi connectivity index (χ4n) is 2.43. The molecule has 3 rings (SSSR count). The Kier molecular flexibility index (Phi) is 4.78. The van der Waals surface area contributed by atoms with Crippen molar-refractivity contribution in [2.45, 2.75) is 26.9 Å². The number of rotatable bonds is 6. The molecular formula is C18H20N4O. The molecule has 0 unspecified atom stereocenters. The SMILES string of the molecule is CCN(Cc1nc(-c2cccnc2)no1)Cc1ccccc1C. The van der Waals surface area contributed by atoms with E-state index in [1.165, 1.54) is 11.1 Å². The molecule has 0 saturated heterocycles. The molecule has 0 saturated carbocycles. The molecule has 0 spiro atoms. The molecule has 5 nitrogen and oxygen atoms in total. The van der Waals surface area contributed by atoms with Crippen LogP contribution in [-0.2, 0) is 13.1 Å². The molecule has 0 aliphatic carbocycles. The largest absolute Gasteiger partial charge is 0.338 e. The van der Waals surface area contributed by atoms with Crippen molar-refractivity contribution < 1.29 is 4.52 Å². The van der Waals surface area contributed by atoms with Gasteiger partial charge in [-0.1, -0.05) is 36.3 Å². The number of pyridine rings is 1. The van der Waals surface area contributed by atoms with Gasteiger partial charge in [0.05, 0.1) is 6.54 Å². The molecule has 23 heavy (non-hydrogen) atoms. The molecule has 0 atom stereocenters. The predicted octanol–water partition coefficient (Wildman–Crippen LogP) is 3.46. The molecule has 0 fully saturated rings. The van der Waals surface area contributed by atoms with Crippen molar-refractivity contribution in [2.75, 3.05) is 6.54 Å². The highest BCUT2D eigenvalue weighted by Gasteiger charge is 2.13. The monoisotopic (exact) mass is 308 g/mol.